The van der Waals surface area contributed by atoms with Crippen molar-refractivity contribution in [2.75, 3.05) is 6.54 Å². The predicted molar refractivity (Wildman–Crippen MR) is 120 cm³/mol. The van der Waals surface area contributed by atoms with E-state index in [9.17, 15) is 35.9 Å². The van der Waals surface area contributed by atoms with Crippen LogP contribution < -0.4 is 5.73 Å². The van der Waals surface area contributed by atoms with Gasteiger partial charge in [0.05, 0.1) is 12.2 Å². The van der Waals surface area contributed by atoms with Crippen molar-refractivity contribution in [1.29, 1.82) is 0 Å². The normalized spacial score (nSPS) is 14.1. The Balaban J connectivity index is 0.00000380. The van der Waals surface area contributed by atoms with E-state index in [0.717, 1.165) is 4.57 Å². The van der Waals surface area contributed by atoms with E-state index in [-0.39, 0.29) is 61.7 Å². The van der Waals surface area contributed by atoms with Crippen molar-refractivity contribution in [3.63, 3.8) is 0 Å². The van der Waals surface area contributed by atoms with Crippen LogP contribution in [0.4, 0.5) is 26.3 Å². The summed E-state index contributed by atoms with van der Waals surface area (Å²) in [5.41, 5.74) is 5.21. The molecule has 7 nitrogen and oxygen atoms in total. The number of amides is 1. The molecule has 0 spiro atoms. The maximum Gasteiger partial charge on any atom is 0.449 e. The molecule has 198 valence electrons. The van der Waals surface area contributed by atoms with Gasteiger partial charge in [0, 0.05) is 49.6 Å². The Morgan fingerprint density at radius 2 is 1.78 bits per heavy atom. The van der Waals surface area contributed by atoms with Crippen molar-refractivity contribution in [2.24, 2.45) is 5.73 Å². The van der Waals surface area contributed by atoms with Crippen LogP contribution in [0.15, 0.2) is 36.7 Å². The zero-order valence-corrected chi connectivity index (χ0v) is 19.8. The van der Waals surface area contributed by atoms with E-state index >= 15 is 0 Å². The van der Waals surface area contributed by atoms with Gasteiger partial charge in [0.2, 0.25) is 17.5 Å². The minimum atomic E-state index is -4.83. The summed E-state index contributed by atoms with van der Waals surface area (Å²) in [6.45, 7) is -0.718. The van der Waals surface area contributed by atoms with Crippen LogP contribution in [-0.4, -0.2) is 43.7 Å². The highest BCUT2D eigenvalue weighted by atomic mass is 35.5. The molecule has 2 N–H and O–H groups in total. The molecule has 14 heteroatoms. The van der Waals surface area contributed by atoms with Crippen LogP contribution in [0.3, 0.4) is 0 Å². The maximum atomic E-state index is 13.9. The largest absolute Gasteiger partial charge is 0.449 e. The number of ketones is 1. The van der Waals surface area contributed by atoms with Gasteiger partial charge in [-0.1, -0.05) is 0 Å². The first kappa shape index (κ1) is 28.1. The molecule has 3 aromatic rings. The summed E-state index contributed by atoms with van der Waals surface area (Å²) in [4.78, 5) is 34.3. The average Bonchev–Trinajstić information content (AvgIpc) is 3.22. The molecule has 3 heterocycles. The van der Waals surface area contributed by atoms with Crippen molar-refractivity contribution in [1.82, 2.24) is 19.4 Å². The number of carbonyl (C=O) groups excluding carboxylic acids is 2. The number of fused-ring (bicyclic) bond motifs is 1. The second-order valence-electron chi connectivity index (χ2n) is 8.29. The van der Waals surface area contributed by atoms with Crippen LogP contribution in [0.5, 0.6) is 0 Å². The van der Waals surface area contributed by atoms with Crippen LogP contribution in [0.25, 0.3) is 0 Å². The standard InChI is InChI=1S/C23H19F6N5O2.ClH/c24-15-9-17(26)16(25)7-13(15)6-14(30)8-19(35)33-4-5-34-18(11-33)20(32-22(34)23(27,28)29)21(36)12-2-1-3-31-10-12;/h1-3,7,9-10,14H,4-6,8,11,30H2;1H/t14-;/m1./s1. The van der Waals surface area contributed by atoms with Crippen molar-refractivity contribution >= 4 is 24.1 Å². The van der Waals surface area contributed by atoms with Gasteiger partial charge in [-0.3, -0.25) is 14.6 Å². The van der Waals surface area contributed by atoms with Crippen LogP contribution in [0.1, 0.15) is 39.6 Å². The van der Waals surface area contributed by atoms with E-state index in [0.29, 0.717) is 12.1 Å². The first-order valence-electron chi connectivity index (χ1n) is 10.7. The minimum absolute atomic E-state index is 0. The molecular formula is C23H20ClF6N5O2. The lowest BCUT2D eigenvalue weighted by molar-refractivity contribution is -0.148. The summed E-state index contributed by atoms with van der Waals surface area (Å²) in [6.07, 6.45) is -2.85. The van der Waals surface area contributed by atoms with Gasteiger partial charge in [0.25, 0.3) is 0 Å². The van der Waals surface area contributed by atoms with E-state index in [1.54, 1.807) is 0 Å². The van der Waals surface area contributed by atoms with E-state index < -0.39 is 52.9 Å². The molecule has 1 aromatic carbocycles. The number of imidazole rings is 1. The molecule has 37 heavy (non-hydrogen) atoms. The van der Waals surface area contributed by atoms with Gasteiger partial charge in [0.1, 0.15) is 11.5 Å². The molecular weight excluding hydrogens is 528 g/mol. The lowest BCUT2D eigenvalue weighted by atomic mass is 10.0. The molecule has 1 amide bonds. The summed E-state index contributed by atoms with van der Waals surface area (Å²) < 4.78 is 82.1. The molecule has 1 aliphatic heterocycles. The Morgan fingerprint density at radius 3 is 2.43 bits per heavy atom. The summed E-state index contributed by atoms with van der Waals surface area (Å²) in [6, 6.07) is 2.89. The molecule has 1 aliphatic rings. The maximum absolute atomic E-state index is 13.9. The number of pyridine rings is 1. The Hall–Kier alpha value is -3.45. The third kappa shape index (κ3) is 5.93. The van der Waals surface area contributed by atoms with E-state index in [4.69, 9.17) is 5.73 Å². The highest BCUT2D eigenvalue weighted by Gasteiger charge is 2.41. The molecule has 2 aromatic heterocycles. The fourth-order valence-corrected chi connectivity index (χ4v) is 4.04. The quantitative estimate of drug-likeness (QED) is 0.289. The predicted octanol–water partition coefficient (Wildman–Crippen LogP) is 3.67. The van der Waals surface area contributed by atoms with Crippen LogP contribution in [0.2, 0.25) is 0 Å². The summed E-state index contributed by atoms with van der Waals surface area (Å²) in [5, 5.41) is 0. The highest BCUT2D eigenvalue weighted by molar-refractivity contribution is 6.08. The molecule has 4 rings (SSSR count). The third-order valence-corrected chi connectivity index (χ3v) is 5.76. The third-order valence-electron chi connectivity index (χ3n) is 5.76. The van der Waals surface area contributed by atoms with Gasteiger partial charge in [-0.25, -0.2) is 18.2 Å². The van der Waals surface area contributed by atoms with Crippen molar-refractivity contribution < 1.29 is 35.9 Å². The van der Waals surface area contributed by atoms with Crippen molar-refractivity contribution in [3.05, 3.63) is 82.4 Å². The number of carbonyl (C=O) groups is 2. The second kappa shape index (κ2) is 10.9. The first-order valence-corrected chi connectivity index (χ1v) is 10.7. The number of hydrogen-bond acceptors (Lipinski definition) is 5. The Bertz CT molecular complexity index is 1320. The number of rotatable bonds is 6. The lowest BCUT2D eigenvalue weighted by Crippen LogP contribution is -2.42. The van der Waals surface area contributed by atoms with Crippen LogP contribution >= 0.6 is 12.4 Å². The SMILES string of the molecule is Cl.N[C@@H](CC(=O)N1CCn2c(C(F)(F)F)nc(C(=O)c3cccnc3)c2C1)Cc1cc(F)c(F)cc1F. The molecule has 0 radical (unpaired) electrons. The van der Waals surface area contributed by atoms with Gasteiger partial charge in [-0.2, -0.15) is 13.2 Å². The van der Waals surface area contributed by atoms with Gasteiger partial charge < -0.3 is 15.2 Å². The molecule has 1 atom stereocenters. The average molecular weight is 548 g/mol. The first-order chi connectivity index (χ1) is 17.0. The van der Waals surface area contributed by atoms with E-state index in [2.05, 4.69) is 9.97 Å². The zero-order valence-electron chi connectivity index (χ0n) is 18.9. The number of halogens is 7. The Morgan fingerprint density at radius 1 is 1.08 bits per heavy atom. The fourth-order valence-electron chi connectivity index (χ4n) is 4.04. The molecule has 0 bridgehead atoms. The minimum Gasteiger partial charge on any atom is -0.335 e. The molecule has 0 fully saturated rings. The number of hydrogen-bond donors (Lipinski definition) is 1. The zero-order chi connectivity index (χ0) is 26.2. The molecule has 0 aliphatic carbocycles. The summed E-state index contributed by atoms with van der Waals surface area (Å²) >= 11 is 0. The van der Waals surface area contributed by atoms with Gasteiger partial charge in [0.15, 0.2) is 11.6 Å². The van der Waals surface area contributed by atoms with E-state index in [1.165, 1.54) is 29.4 Å². The monoisotopic (exact) mass is 547 g/mol. The number of aromatic nitrogens is 3. The Kier molecular flexibility index (Phi) is 8.28. The molecule has 0 saturated heterocycles. The van der Waals surface area contributed by atoms with Crippen molar-refractivity contribution in [2.45, 2.75) is 38.1 Å². The number of nitrogens with two attached hydrogens (primary N) is 1. The summed E-state index contributed by atoms with van der Waals surface area (Å²) in [7, 11) is 0. The van der Waals surface area contributed by atoms with Gasteiger partial charge in [-0.15, -0.1) is 12.4 Å². The number of alkyl halides is 3. The lowest BCUT2D eigenvalue weighted by Gasteiger charge is -2.30. The number of benzene rings is 1. The van der Waals surface area contributed by atoms with Gasteiger partial charge >= 0.3 is 6.18 Å². The smallest absolute Gasteiger partial charge is 0.335 e. The fraction of sp³-hybridized carbons (Fsp3) is 0.304. The molecule has 0 unspecified atom stereocenters. The van der Waals surface area contributed by atoms with Crippen molar-refractivity contribution in [3.8, 4) is 0 Å². The Labute approximate surface area is 212 Å². The second-order valence-corrected chi connectivity index (χ2v) is 8.29. The number of nitrogens with zero attached hydrogens (tertiary/aromatic N) is 4. The molecule has 0 saturated carbocycles. The van der Waals surface area contributed by atoms with Crippen LogP contribution in [0, 0.1) is 17.5 Å². The van der Waals surface area contributed by atoms with Gasteiger partial charge in [-0.05, 0) is 30.2 Å². The highest BCUT2D eigenvalue weighted by Crippen LogP contribution is 2.33. The topological polar surface area (TPSA) is 94.1 Å². The van der Waals surface area contributed by atoms with E-state index in [1.807, 2.05) is 0 Å². The summed E-state index contributed by atoms with van der Waals surface area (Å²) in [5.74, 6) is -6.23. The van der Waals surface area contributed by atoms with Crippen LogP contribution in [-0.2, 0) is 30.5 Å².